The highest BCUT2D eigenvalue weighted by molar-refractivity contribution is 5.89. The van der Waals surface area contributed by atoms with Crippen molar-refractivity contribution in [1.29, 1.82) is 0 Å². The van der Waals surface area contributed by atoms with Crippen molar-refractivity contribution < 1.29 is 19.8 Å². The van der Waals surface area contributed by atoms with Gasteiger partial charge in [-0.2, -0.15) is 0 Å². The van der Waals surface area contributed by atoms with Crippen LogP contribution in [0.3, 0.4) is 0 Å². The third-order valence-electron chi connectivity index (χ3n) is 5.82. The highest BCUT2D eigenvalue weighted by Gasteiger charge is 2.23. The molecule has 1 heterocycles. The molecule has 184 valence electrons. The molecule has 1 aliphatic heterocycles. The Morgan fingerprint density at radius 1 is 0.941 bits per heavy atom. The number of piperidine rings is 1. The van der Waals surface area contributed by atoms with Gasteiger partial charge in [-0.25, -0.2) is 9.59 Å². The zero-order chi connectivity index (χ0) is 25.0. The van der Waals surface area contributed by atoms with Gasteiger partial charge in [0.25, 0.3) is 0 Å². The van der Waals surface area contributed by atoms with Crippen molar-refractivity contribution in [3.05, 3.63) is 72.3 Å². The number of aliphatic carboxylic acids is 2. The third kappa shape index (κ3) is 10.3. The molecule has 1 aliphatic rings. The van der Waals surface area contributed by atoms with Crippen molar-refractivity contribution in [2.24, 2.45) is 5.41 Å². The standard InChI is InChI=1S/C24H34N2.C4H4O4/c1-24(2,3)15-18-26(22-13-16-25-17-14-22)19-21-11-7-8-12-23(21)20-9-5-4-6-10-20;5-3(6)1-2-4(7)8/h4-12,22,25H,13-19H2,1-3H3;1-2H,(H,5,6)(H,7,8)/b;2-1+. The van der Waals surface area contributed by atoms with Crippen molar-refractivity contribution in [2.45, 2.75) is 52.6 Å². The van der Waals surface area contributed by atoms with Gasteiger partial charge in [0.15, 0.2) is 0 Å². The van der Waals surface area contributed by atoms with Crippen LogP contribution in [0.4, 0.5) is 0 Å². The van der Waals surface area contributed by atoms with Crippen LogP contribution in [0, 0.1) is 5.41 Å². The van der Waals surface area contributed by atoms with Gasteiger partial charge in [0.1, 0.15) is 0 Å². The predicted octanol–water partition coefficient (Wildman–Crippen LogP) is 5.06. The zero-order valence-electron chi connectivity index (χ0n) is 20.5. The van der Waals surface area contributed by atoms with Gasteiger partial charge in [-0.15, -0.1) is 0 Å². The molecule has 6 heteroatoms. The van der Waals surface area contributed by atoms with Gasteiger partial charge in [0.2, 0.25) is 0 Å². The summed E-state index contributed by atoms with van der Waals surface area (Å²) in [6.45, 7) is 11.6. The van der Waals surface area contributed by atoms with Gasteiger partial charge < -0.3 is 15.5 Å². The molecule has 0 aromatic heterocycles. The number of hydrogen-bond acceptors (Lipinski definition) is 4. The van der Waals surface area contributed by atoms with Crippen LogP contribution < -0.4 is 5.32 Å². The molecule has 0 spiro atoms. The Kier molecular flexibility index (Phi) is 11.0. The number of carbonyl (C=O) groups is 2. The number of nitrogens with zero attached hydrogens (tertiary/aromatic N) is 1. The molecule has 6 nitrogen and oxygen atoms in total. The van der Waals surface area contributed by atoms with Crippen LogP contribution in [-0.2, 0) is 16.1 Å². The Labute approximate surface area is 203 Å². The van der Waals surface area contributed by atoms with Gasteiger partial charge in [-0.3, -0.25) is 4.90 Å². The van der Waals surface area contributed by atoms with Crippen molar-refractivity contribution in [3.63, 3.8) is 0 Å². The van der Waals surface area contributed by atoms with Crippen LogP contribution in [0.25, 0.3) is 11.1 Å². The van der Waals surface area contributed by atoms with Crippen LogP contribution in [0.15, 0.2) is 66.7 Å². The normalized spacial score (nSPS) is 14.6. The molecule has 3 N–H and O–H groups in total. The second kappa shape index (κ2) is 13.7. The summed E-state index contributed by atoms with van der Waals surface area (Å²) in [4.78, 5) is 21.9. The second-order valence-corrected chi connectivity index (χ2v) is 9.80. The summed E-state index contributed by atoms with van der Waals surface area (Å²) in [6.07, 6.45) is 4.88. The number of rotatable bonds is 8. The smallest absolute Gasteiger partial charge is 0.328 e. The number of carboxylic acid groups (broad SMARTS) is 2. The van der Waals surface area contributed by atoms with Gasteiger partial charge in [0.05, 0.1) is 0 Å². The lowest BCUT2D eigenvalue weighted by atomic mass is 9.91. The fourth-order valence-corrected chi connectivity index (χ4v) is 3.96. The Balaban J connectivity index is 0.000000440. The number of nitrogens with one attached hydrogen (secondary N) is 1. The monoisotopic (exact) mass is 466 g/mol. The molecule has 1 fully saturated rings. The van der Waals surface area contributed by atoms with Crippen molar-refractivity contribution >= 4 is 11.9 Å². The molecule has 2 aromatic carbocycles. The Hall–Kier alpha value is -2.96. The van der Waals surface area contributed by atoms with Gasteiger partial charge >= 0.3 is 11.9 Å². The SMILES string of the molecule is CC(C)(C)CCN(Cc1ccccc1-c1ccccc1)C1CCNCC1.O=C(O)/C=C/C(=O)O. The maximum Gasteiger partial charge on any atom is 0.328 e. The molecule has 34 heavy (non-hydrogen) atoms. The molecule has 0 bridgehead atoms. The second-order valence-electron chi connectivity index (χ2n) is 9.80. The van der Waals surface area contributed by atoms with Crippen LogP contribution in [0.1, 0.15) is 45.6 Å². The molecule has 0 atom stereocenters. The summed E-state index contributed by atoms with van der Waals surface area (Å²) in [5.41, 5.74) is 4.53. The summed E-state index contributed by atoms with van der Waals surface area (Å²) in [6, 6.07) is 20.4. The van der Waals surface area contributed by atoms with E-state index in [-0.39, 0.29) is 0 Å². The predicted molar refractivity (Wildman–Crippen MR) is 137 cm³/mol. The lowest BCUT2D eigenvalue weighted by Crippen LogP contribution is -2.43. The van der Waals surface area contributed by atoms with E-state index in [9.17, 15) is 9.59 Å². The summed E-state index contributed by atoms with van der Waals surface area (Å²) in [5, 5.41) is 19.1. The molecule has 0 amide bonds. The minimum absolute atomic E-state index is 0.379. The largest absolute Gasteiger partial charge is 0.478 e. The number of benzene rings is 2. The van der Waals surface area contributed by atoms with E-state index in [0.29, 0.717) is 23.6 Å². The van der Waals surface area contributed by atoms with E-state index < -0.39 is 11.9 Å². The molecule has 0 aliphatic carbocycles. The lowest BCUT2D eigenvalue weighted by molar-refractivity contribution is -0.134. The van der Waals surface area contributed by atoms with E-state index >= 15 is 0 Å². The van der Waals surface area contributed by atoms with Crippen LogP contribution in [0.2, 0.25) is 0 Å². The molecule has 0 saturated carbocycles. The van der Waals surface area contributed by atoms with Gasteiger partial charge in [-0.05, 0) is 61.0 Å². The fraction of sp³-hybridized carbons (Fsp3) is 0.429. The van der Waals surface area contributed by atoms with Crippen molar-refractivity contribution in [2.75, 3.05) is 19.6 Å². The maximum atomic E-state index is 9.55. The first-order valence-corrected chi connectivity index (χ1v) is 11.9. The average Bonchev–Trinajstić information content (AvgIpc) is 2.81. The fourth-order valence-electron chi connectivity index (χ4n) is 3.96. The highest BCUT2D eigenvalue weighted by Crippen LogP contribution is 2.28. The van der Waals surface area contributed by atoms with E-state index in [2.05, 4.69) is 85.6 Å². The topological polar surface area (TPSA) is 89.9 Å². The minimum Gasteiger partial charge on any atom is -0.478 e. The minimum atomic E-state index is -1.26. The summed E-state index contributed by atoms with van der Waals surface area (Å²) >= 11 is 0. The summed E-state index contributed by atoms with van der Waals surface area (Å²) in [7, 11) is 0. The van der Waals surface area contributed by atoms with Crippen LogP contribution in [0.5, 0.6) is 0 Å². The molecule has 0 unspecified atom stereocenters. The van der Waals surface area contributed by atoms with Crippen LogP contribution >= 0.6 is 0 Å². The molecule has 3 rings (SSSR count). The summed E-state index contributed by atoms with van der Waals surface area (Å²) < 4.78 is 0. The van der Waals surface area contributed by atoms with Gasteiger partial charge in [-0.1, -0.05) is 75.4 Å². The number of carboxylic acids is 2. The highest BCUT2D eigenvalue weighted by atomic mass is 16.4. The van der Waals surface area contributed by atoms with Crippen LogP contribution in [-0.4, -0.2) is 52.7 Å². The average molecular weight is 467 g/mol. The number of hydrogen-bond donors (Lipinski definition) is 3. The summed E-state index contributed by atoms with van der Waals surface area (Å²) in [5.74, 6) is -2.51. The van der Waals surface area contributed by atoms with E-state index in [1.54, 1.807) is 0 Å². The zero-order valence-corrected chi connectivity index (χ0v) is 20.5. The lowest BCUT2D eigenvalue weighted by Gasteiger charge is -2.36. The first-order chi connectivity index (χ1) is 16.2. The Bertz CT molecular complexity index is 913. The van der Waals surface area contributed by atoms with Gasteiger partial charge in [0, 0.05) is 24.7 Å². The molecule has 2 aromatic rings. The Morgan fingerprint density at radius 3 is 2.06 bits per heavy atom. The molecule has 0 radical (unpaired) electrons. The maximum absolute atomic E-state index is 9.55. The first-order valence-electron chi connectivity index (χ1n) is 11.9. The molecular formula is C28H38N2O4. The van der Waals surface area contributed by atoms with Crippen molar-refractivity contribution in [1.82, 2.24) is 10.2 Å². The van der Waals surface area contributed by atoms with E-state index in [0.717, 1.165) is 19.6 Å². The first kappa shape index (κ1) is 27.3. The Morgan fingerprint density at radius 2 is 1.50 bits per heavy atom. The van der Waals surface area contributed by atoms with E-state index in [4.69, 9.17) is 10.2 Å². The molecule has 1 saturated heterocycles. The van der Waals surface area contributed by atoms with Crippen molar-refractivity contribution in [3.8, 4) is 11.1 Å². The molecular weight excluding hydrogens is 428 g/mol. The van der Waals surface area contributed by atoms with E-state index in [1.165, 1.54) is 42.5 Å². The van der Waals surface area contributed by atoms with E-state index in [1.807, 2.05) is 0 Å². The quantitative estimate of drug-likeness (QED) is 0.472. The third-order valence-corrected chi connectivity index (χ3v) is 5.82.